The number of carbonyl (C=O) groups excluding carboxylic acids is 3. The van der Waals surface area contributed by atoms with Crippen molar-refractivity contribution in [2.45, 2.75) is 76.0 Å². The Hall–Kier alpha value is -6.04. The summed E-state index contributed by atoms with van der Waals surface area (Å²) < 4.78 is 54.9. The summed E-state index contributed by atoms with van der Waals surface area (Å²) in [6.45, 7) is -0.706. The molecule has 0 unspecified atom stereocenters. The first-order valence-corrected chi connectivity index (χ1v) is 19.1. The molecule has 1 saturated carbocycles. The Balaban J connectivity index is 1.14. The van der Waals surface area contributed by atoms with Gasteiger partial charge >= 0.3 is 18.1 Å². The van der Waals surface area contributed by atoms with Gasteiger partial charge in [0.2, 0.25) is 5.91 Å². The van der Waals surface area contributed by atoms with Gasteiger partial charge in [-0.3, -0.25) is 4.79 Å². The maximum atomic E-state index is 13.0. The second-order valence-electron chi connectivity index (χ2n) is 14.0. The van der Waals surface area contributed by atoms with Crippen LogP contribution >= 0.6 is 0 Å². The Kier molecular flexibility index (Phi) is 17.8. The van der Waals surface area contributed by atoms with Crippen LogP contribution in [0.3, 0.4) is 0 Å². The highest BCUT2D eigenvalue weighted by molar-refractivity contribution is 5.89. The number of allylic oxidation sites excluding steroid dienone is 2. The number of aliphatic hydroxyl groups is 3. The number of benzene rings is 3. The largest absolute Gasteiger partial charge is 0.493 e. The highest BCUT2D eigenvalue weighted by Gasteiger charge is 2.39. The van der Waals surface area contributed by atoms with Crippen molar-refractivity contribution in [1.82, 2.24) is 5.32 Å². The Bertz CT molecular complexity index is 2020. The molecule has 0 saturated heterocycles. The van der Waals surface area contributed by atoms with Crippen LogP contribution < -0.4 is 19.5 Å². The number of nitrogens with zero attached hydrogens (tertiary/aromatic N) is 1. The fourth-order valence-electron chi connectivity index (χ4n) is 6.46. The average Bonchev–Trinajstić information content (AvgIpc) is 3.48. The molecule has 17 heteroatoms. The van der Waals surface area contributed by atoms with Crippen LogP contribution in [0.2, 0.25) is 0 Å². The minimum Gasteiger partial charge on any atom is -0.493 e. The summed E-state index contributed by atoms with van der Waals surface area (Å²) in [6, 6.07) is 15.5. The van der Waals surface area contributed by atoms with Crippen molar-refractivity contribution in [2.75, 3.05) is 13.7 Å². The van der Waals surface area contributed by atoms with Gasteiger partial charge in [0.05, 0.1) is 31.0 Å². The predicted molar refractivity (Wildman–Crippen MR) is 211 cm³/mol. The maximum Gasteiger partial charge on any atom is 0.416 e. The molecule has 14 nitrogen and oxygen atoms in total. The van der Waals surface area contributed by atoms with Gasteiger partial charge in [-0.2, -0.15) is 13.2 Å². The monoisotopic (exact) mass is 840 g/mol. The van der Waals surface area contributed by atoms with Crippen molar-refractivity contribution in [2.24, 2.45) is 11.8 Å². The molecule has 0 radical (unpaired) electrons. The topological polar surface area (TPSA) is 204 Å². The molecule has 0 bridgehead atoms. The highest BCUT2D eigenvalue weighted by Crippen LogP contribution is 2.37. The molecule has 1 amide bonds. The smallest absolute Gasteiger partial charge is 0.416 e. The third-order valence-corrected chi connectivity index (χ3v) is 9.51. The molecule has 0 heterocycles. The van der Waals surface area contributed by atoms with E-state index >= 15 is 0 Å². The Morgan fingerprint density at radius 3 is 2.50 bits per heavy atom. The number of aryl methyl sites for hydroxylation is 1. The number of alkyl halides is 3. The average molecular weight is 841 g/mol. The van der Waals surface area contributed by atoms with E-state index in [0.29, 0.717) is 36.0 Å². The van der Waals surface area contributed by atoms with E-state index in [1.54, 1.807) is 30.3 Å². The van der Waals surface area contributed by atoms with E-state index in [2.05, 4.69) is 10.2 Å². The molecule has 0 aliphatic heterocycles. The lowest BCUT2D eigenvalue weighted by Gasteiger charge is -2.19. The van der Waals surface area contributed by atoms with Gasteiger partial charge in [0.1, 0.15) is 18.9 Å². The van der Waals surface area contributed by atoms with Crippen molar-refractivity contribution in [1.29, 1.82) is 0 Å². The molecule has 3 aromatic carbocycles. The molecule has 3 aromatic rings. The summed E-state index contributed by atoms with van der Waals surface area (Å²) in [5.74, 6) is -2.17. The molecular formula is C43H47F3N2O12. The molecule has 1 aliphatic carbocycles. The first-order chi connectivity index (χ1) is 28.6. The number of esters is 2. The van der Waals surface area contributed by atoms with E-state index in [0.717, 1.165) is 18.2 Å². The zero-order valence-electron chi connectivity index (χ0n) is 32.7. The molecule has 1 fully saturated rings. The summed E-state index contributed by atoms with van der Waals surface area (Å²) in [5.41, 5.74) is 0.634. The van der Waals surface area contributed by atoms with E-state index in [1.165, 1.54) is 49.6 Å². The maximum absolute atomic E-state index is 13.0. The van der Waals surface area contributed by atoms with Crippen LogP contribution in [-0.4, -0.2) is 70.2 Å². The number of nitrogens with one attached hydrogen (secondary N) is 1. The van der Waals surface area contributed by atoms with E-state index < -0.39 is 59.5 Å². The fourth-order valence-corrected chi connectivity index (χ4v) is 6.46. The molecule has 0 aromatic heterocycles. The molecule has 1 aliphatic rings. The number of rotatable bonds is 21. The second kappa shape index (κ2) is 22.9. The summed E-state index contributed by atoms with van der Waals surface area (Å²) in [5, 5.41) is 43.5. The second-order valence-corrected chi connectivity index (χ2v) is 14.0. The number of methoxy groups -OCH3 is 1. The third kappa shape index (κ3) is 15.6. The van der Waals surface area contributed by atoms with Gasteiger partial charge in [0.25, 0.3) is 5.09 Å². The van der Waals surface area contributed by atoms with Crippen LogP contribution in [0.25, 0.3) is 6.08 Å². The zero-order valence-corrected chi connectivity index (χ0v) is 32.7. The number of hydrogen-bond donors (Lipinski definition) is 4. The fraction of sp³-hybridized carbons (Fsp3) is 0.372. The third-order valence-electron chi connectivity index (χ3n) is 9.51. The Morgan fingerprint density at radius 1 is 0.983 bits per heavy atom. The lowest BCUT2D eigenvalue weighted by molar-refractivity contribution is -0.763. The quantitative estimate of drug-likeness (QED) is 0.0183. The number of halogens is 3. The van der Waals surface area contributed by atoms with Gasteiger partial charge in [-0.15, -0.1) is 10.1 Å². The molecule has 4 rings (SSSR count). The molecule has 60 heavy (non-hydrogen) atoms. The van der Waals surface area contributed by atoms with Crippen LogP contribution in [0.4, 0.5) is 13.2 Å². The molecule has 322 valence electrons. The Labute approximate surface area is 344 Å². The number of hydrogen-bond acceptors (Lipinski definition) is 12. The normalized spacial score (nSPS) is 18.4. The minimum absolute atomic E-state index is 0.0817. The number of unbranched alkanes of at least 4 members (excludes halogenated alkanes) is 1. The van der Waals surface area contributed by atoms with Crippen molar-refractivity contribution >= 4 is 23.9 Å². The van der Waals surface area contributed by atoms with Gasteiger partial charge in [-0.25, -0.2) is 9.59 Å². The number of carbonyl (C=O) groups is 3. The lowest BCUT2D eigenvalue weighted by atomic mass is 9.89. The van der Waals surface area contributed by atoms with E-state index in [1.807, 2.05) is 12.2 Å². The van der Waals surface area contributed by atoms with E-state index in [9.17, 15) is 53.0 Å². The lowest BCUT2D eigenvalue weighted by Crippen LogP contribution is -2.31. The van der Waals surface area contributed by atoms with Gasteiger partial charge in [0.15, 0.2) is 11.5 Å². The van der Waals surface area contributed by atoms with Crippen LogP contribution in [0.5, 0.6) is 17.2 Å². The summed E-state index contributed by atoms with van der Waals surface area (Å²) in [6.07, 6.45) is 4.59. The van der Waals surface area contributed by atoms with E-state index in [-0.39, 0.29) is 61.4 Å². The molecule has 4 N–H and O–H groups in total. The van der Waals surface area contributed by atoms with Crippen LogP contribution in [0.15, 0.2) is 97.1 Å². The highest BCUT2D eigenvalue weighted by atomic mass is 19.4. The number of ether oxygens (including phenoxy) is 3. The van der Waals surface area contributed by atoms with Crippen LogP contribution in [0.1, 0.15) is 60.8 Å². The van der Waals surface area contributed by atoms with Gasteiger partial charge in [-0.1, -0.05) is 60.7 Å². The van der Waals surface area contributed by atoms with Gasteiger partial charge < -0.3 is 39.7 Å². The number of aliphatic hydroxyl groups excluding tert-OH is 3. The van der Waals surface area contributed by atoms with Gasteiger partial charge in [-0.05, 0) is 91.1 Å². The van der Waals surface area contributed by atoms with Crippen molar-refractivity contribution in [3.63, 3.8) is 0 Å². The van der Waals surface area contributed by atoms with Crippen LogP contribution in [0, 0.1) is 22.0 Å². The van der Waals surface area contributed by atoms with Crippen molar-refractivity contribution < 1.29 is 67.0 Å². The molecular weight excluding hydrogens is 793 g/mol. The first-order valence-electron chi connectivity index (χ1n) is 19.1. The summed E-state index contributed by atoms with van der Waals surface area (Å²) in [4.78, 5) is 51.9. The van der Waals surface area contributed by atoms with E-state index in [4.69, 9.17) is 14.2 Å². The van der Waals surface area contributed by atoms with Gasteiger partial charge in [0, 0.05) is 24.8 Å². The van der Waals surface area contributed by atoms with Crippen molar-refractivity contribution in [3.8, 4) is 17.2 Å². The number of amides is 1. The zero-order chi connectivity index (χ0) is 43.7. The molecule has 0 spiro atoms. The Morgan fingerprint density at radius 2 is 1.75 bits per heavy atom. The summed E-state index contributed by atoms with van der Waals surface area (Å²) in [7, 11) is 1.36. The predicted octanol–water partition coefficient (Wildman–Crippen LogP) is 6.09. The first kappa shape index (κ1) is 46.6. The molecule has 5 atom stereocenters. The van der Waals surface area contributed by atoms with Crippen LogP contribution in [-0.2, 0) is 38.4 Å². The minimum atomic E-state index is -4.45. The SMILES string of the molecule is COc1cc(C=CC(=O)Oc2cccc(CO[N+](=O)[O-])c2)ccc1OC(=O)CNC(=O)CCCC=CC[C@@H]1[C@@H](C=C[C@@H](O)CCc2cccc(C(F)(F)F)c2)[C@H](O)C[C@@H]1O. The summed E-state index contributed by atoms with van der Waals surface area (Å²) >= 11 is 0. The standard InChI is InChI=1S/C43H47F3N2O12/c1-57-39-24-29(16-21-41(53)59-33-11-7-9-30(23-33)27-58-48(55)56)15-20-38(39)60-42(54)26-47-40(52)13-5-3-2-4-12-34-35(37(51)25-36(34)50)19-18-32(49)17-14-28-8-6-10-31(22-28)43(44,45)46/h2,4,6-11,15-16,18-24,32,34-37,49-51H,3,5,12-14,17,25-27H2,1H3,(H,47,52)/t32-,34+,35+,36-,37+/m0/s1. The van der Waals surface area contributed by atoms with Crippen molar-refractivity contribution in [3.05, 3.63) is 129 Å².